The molecule has 0 bridgehead atoms. The number of carbonyl (C=O) groups is 1. The fourth-order valence-electron chi connectivity index (χ4n) is 4.69. The van der Waals surface area contributed by atoms with E-state index in [1.165, 1.54) is 23.5 Å². The van der Waals surface area contributed by atoms with Crippen LogP contribution in [0.3, 0.4) is 0 Å². The summed E-state index contributed by atoms with van der Waals surface area (Å²) in [5, 5.41) is 33.7. The molecule has 0 amide bonds. The van der Waals surface area contributed by atoms with Gasteiger partial charge < -0.3 is 5.11 Å². The van der Waals surface area contributed by atoms with Gasteiger partial charge in [0.2, 0.25) is 0 Å². The molecule has 0 fully saturated rings. The highest BCUT2D eigenvalue weighted by atomic mass is 32.1. The molecule has 170 valence electrons. The summed E-state index contributed by atoms with van der Waals surface area (Å²) in [6.45, 7) is 0. The topological polar surface area (TPSA) is 108 Å². The van der Waals surface area contributed by atoms with Gasteiger partial charge in [0.15, 0.2) is 5.78 Å². The van der Waals surface area contributed by atoms with Crippen molar-refractivity contribution in [2.24, 2.45) is 0 Å². The van der Waals surface area contributed by atoms with Gasteiger partial charge in [0.1, 0.15) is 11.6 Å². The Morgan fingerprint density at radius 1 is 1.06 bits per heavy atom. The smallest absolute Gasteiger partial charge is 0.269 e. The largest absolute Gasteiger partial charge is 0.507 e. The lowest BCUT2D eigenvalue weighted by atomic mass is 9.76. The van der Waals surface area contributed by atoms with Crippen LogP contribution in [0.4, 0.5) is 11.4 Å². The number of nitro benzene ring substituents is 1. The molecule has 2 aromatic carbocycles. The van der Waals surface area contributed by atoms with Gasteiger partial charge >= 0.3 is 0 Å². The van der Waals surface area contributed by atoms with Crippen LogP contribution in [0.25, 0.3) is 5.76 Å². The Morgan fingerprint density at radius 3 is 2.44 bits per heavy atom. The first kappa shape index (κ1) is 21.8. The molecule has 8 heteroatoms. The molecule has 5 rings (SSSR count). The normalized spacial score (nSPS) is 19.8. The summed E-state index contributed by atoms with van der Waals surface area (Å²) < 4.78 is 0. The number of hydrogen-bond acceptors (Lipinski definition) is 6. The highest BCUT2D eigenvalue weighted by Crippen LogP contribution is 2.48. The molecule has 1 atom stereocenters. The number of nitrogens with zero attached hydrogens (tertiary/aromatic N) is 2. The lowest BCUT2D eigenvalue weighted by Gasteiger charge is -2.41. The van der Waals surface area contributed by atoms with Gasteiger partial charge in [-0.3, -0.25) is 25.2 Å². The van der Waals surface area contributed by atoms with Gasteiger partial charge in [-0.15, -0.1) is 11.3 Å². The number of non-ortho nitro benzene ring substituents is 1. The molecule has 2 heterocycles. The van der Waals surface area contributed by atoms with E-state index in [-0.39, 0.29) is 23.1 Å². The third kappa shape index (κ3) is 3.62. The van der Waals surface area contributed by atoms with Crippen molar-refractivity contribution in [1.82, 2.24) is 0 Å². The number of nitro groups is 1. The number of Topliss-reactive ketones (excluding diaryl/α,β-unsaturated/α-hetero) is 1. The molecule has 0 saturated heterocycles. The molecule has 0 spiro atoms. The number of ketones is 1. The summed E-state index contributed by atoms with van der Waals surface area (Å²) in [4.78, 5) is 26.5. The molecule has 0 radical (unpaired) electrons. The number of anilines is 1. The number of rotatable bonds is 4. The van der Waals surface area contributed by atoms with Gasteiger partial charge in [0.05, 0.1) is 16.4 Å². The number of benzene rings is 2. The molecule has 2 aliphatic rings. The van der Waals surface area contributed by atoms with Gasteiger partial charge in [-0.05, 0) is 36.4 Å². The number of nitrogens with one attached hydrogen (secondary N) is 1. The van der Waals surface area contributed by atoms with Crippen LogP contribution in [0.1, 0.15) is 35.6 Å². The SMILES string of the molecule is N=C1C(=C(O)c2ccccc2)[C@@H](c2cccs2)C2=C(CCCC2=O)N1c1ccc([N+](=O)[O-])cc1. The Balaban J connectivity index is 1.78. The van der Waals surface area contributed by atoms with Crippen LogP contribution in [0.2, 0.25) is 0 Å². The summed E-state index contributed by atoms with van der Waals surface area (Å²) in [5.41, 5.74) is 2.70. The third-order valence-corrected chi connectivity index (χ3v) is 7.14. The summed E-state index contributed by atoms with van der Waals surface area (Å²) in [6.07, 6.45) is 1.67. The maximum absolute atomic E-state index is 13.3. The van der Waals surface area contributed by atoms with Crippen LogP contribution in [0.5, 0.6) is 0 Å². The second kappa shape index (κ2) is 8.72. The second-order valence-corrected chi connectivity index (χ2v) is 9.15. The molecule has 1 aromatic heterocycles. The van der Waals surface area contributed by atoms with Crippen LogP contribution < -0.4 is 4.90 Å². The van der Waals surface area contributed by atoms with Crippen LogP contribution in [-0.4, -0.2) is 21.6 Å². The van der Waals surface area contributed by atoms with Crippen LogP contribution in [0, 0.1) is 15.5 Å². The molecule has 1 aliphatic carbocycles. The van der Waals surface area contributed by atoms with E-state index in [2.05, 4.69) is 0 Å². The number of thiophene rings is 1. The Morgan fingerprint density at radius 2 is 1.79 bits per heavy atom. The molecule has 7 nitrogen and oxygen atoms in total. The van der Waals surface area contributed by atoms with E-state index in [9.17, 15) is 25.4 Å². The lowest BCUT2D eigenvalue weighted by Crippen LogP contribution is -2.42. The van der Waals surface area contributed by atoms with Gasteiger partial charge in [0, 0.05) is 46.0 Å². The number of aliphatic hydroxyl groups excluding tert-OH is 1. The van der Waals surface area contributed by atoms with Crippen LogP contribution in [0.15, 0.2) is 89.0 Å². The molecule has 0 unspecified atom stereocenters. The van der Waals surface area contributed by atoms with Crippen molar-refractivity contribution in [3.8, 4) is 0 Å². The Hall–Kier alpha value is -4.04. The summed E-state index contributed by atoms with van der Waals surface area (Å²) >= 11 is 1.49. The molecule has 3 aromatic rings. The first-order chi connectivity index (χ1) is 16.5. The van der Waals surface area contributed by atoms with E-state index >= 15 is 0 Å². The molecule has 2 N–H and O–H groups in total. The standard InChI is InChI=1S/C26H21N3O4S/c27-26-24(25(31)16-6-2-1-3-7-16)23(21-10-5-15-34-21)22-19(8-4-9-20(22)30)28(26)17-11-13-18(14-12-17)29(32)33/h1-3,5-7,10-15,23,27,31H,4,8-9H2/t23-/m0/s1. The predicted molar refractivity (Wildman–Crippen MR) is 132 cm³/mol. The van der Waals surface area contributed by atoms with Gasteiger partial charge in [-0.1, -0.05) is 36.4 Å². The van der Waals surface area contributed by atoms with E-state index in [0.29, 0.717) is 41.7 Å². The number of aliphatic hydroxyl groups is 1. The summed E-state index contributed by atoms with van der Waals surface area (Å²) in [5.74, 6) is -0.551. The summed E-state index contributed by atoms with van der Waals surface area (Å²) in [7, 11) is 0. The second-order valence-electron chi connectivity index (χ2n) is 8.17. The zero-order chi connectivity index (χ0) is 23.8. The van der Waals surface area contributed by atoms with Crippen molar-refractivity contribution in [2.75, 3.05) is 4.90 Å². The van der Waals surface area contributed by atoms with Crippen molar-refractivity contribution in [3.05, 3.63) is 110 Å². The van der Waals surface area contributed by atoms with E-state index in [0.717, 1.165) is 10.6 Å². The first-order valence-corrected chi connectivity index (χ1v) is 11.8. The van der Waals surface area contributed by atoms with E-state index in [1.807, 2.05) is 35.7 Å². The van der Waals surface area contributed by atoms with E-state index < -0.39 is 10.8 Å². The quantitative estimate of drug-likeness (QED) is 0.267. The zero-order valence-electron chi connectivity index (χ0n) is 18.1. The maximum atomic E-state index is 13.3. The number of hydrogen-bond donors (Lipinski definition) is 2. The van der Waals surface area contributed by atoms with E-state index in [4.69, 9.17) is 0 Å². The highest BCUT2D eigenvalue weighted by Gasteiger charge is 2.43. The average molecular weight is 472 g/mol. The Kier molecular flexibility index (Phi) is 5.59. The monoisotopic (exact) mass is 471 g/mol. The van der Waals surface area contributed by atoms with Crippen molar-refractivity contribution in [1.29, 1.82) is 5.41 Å². The van der Waals surface area contributed by atoms with Crippen molar-refractivity contribution in [3.63, 3.8) is 0 Å². The number of carbonyl (C=O) groups excluding carboxylic acids is 1. The minimum Gasteiger partial charge on any atom is -0.507 e. The van der Waals surface area contributed by atoms with Crippen molar-refractivity contribution < 1.29 is 14.8 Å². The fourth-order valence-corrected chi connectivity index (χ4v) is 5.53. The van der Waals surface area contributed by atoms with Crippen LogP contribution >= 0.6 is 11.3 Å². The van der Waals surface area contributed by atoms with Gasteiger partial charge in [-0.25, -0.2) is 0 Å². The molecular weight excluding hydrogens is 450 g/mol. The van der Waals surface area contributed by atoms with Gasteiger partial charge in [0.25, 0.3) is 5.69 Å². The van der Waals surface area contributed by atoms with Crippen molar-refractivity contribution >= 4 is 40.1 Å². The minimum absolute atomic E-state index is 0.00239. The molecule has 34 heavy (non-hydrogen) atoms. The molecular formula is C26H21N3O4S. The average Bonchev–Trinajstić information content (AvgIpc) is 3.38. The Bertz CT molecular complexity index is 1340. The summed E-state index contributed by atoms with van der Waals surface area (Å²) in [6, 6.07) is 18.8. The Labute approximate surface area is 199 Å². The highest BCUT2D eigenvalue weighted by molar-refractivity contribution is 7.10. The zero-order valence-corrected chi connectivity index (χ0v) is 18.9. The molecule has 0 saturated carbocycles. The van der Waals surface area contributed by atoms with Gasteiger partial charge in [-0.2, -0.15) is 0 Å². The predicted octanol–water partition coefficient (Wildman–Crippen LogP) is 6.21. The number of allylic oxidation sites excluding steroid dienone is 2. The lowest BCUT2D eigenvalue weighted by molar-refractivity contribution is -0.384. The van der Waals surface area contributed by atoms with Crippen molar-refractivity contribution in [2.45, 2.75) is 25.2 Å². The fraction of sp³-hybridized carbons (Fsp3) is 0.154. The minimum atomic E-state index is -0.551. The van der Waals surface area contributed by atoms with E-state index in [1.54, 1.807) is 29.2 Å². The van der Waals surface area contributed by atoms with Crippen LogP contribution in [-0.2, 0) is 4.79 Å². The third-order valence-electron chi connectivity index (χ3n) is 6.20. The molecule has 1 aliphatic heterocycles. The maximum Gasteiger partial charge on any atom is 0.269 e. The number of amidine groups is 1. The first-order valence-electron chi connectivity index (χ1n) is 10.9.